The molecule has 2 fully saturated rings. The lowest BCUT2D eigenvalue weighted by atomic mass is 9.82. The Balaban J connectivity index is 1.54. The average Bonchev–Trinajstić information content (AvgIpc) is 3.35. The number of rotatable bonds is 2. The van der Waals surface area contributed by atoms with E-state index >= 15 is 0 Å². The normalized spacial score (nSPS) is 28.5. The Kier molecular flexibility index (Phi) is 2.82. The van der Waals surface area contributed by atoms with Crippen LogP contribution in [0.25, 0.3) is 27.0 Å². The topological polar surface area (TPSA) is 60.1 Å². The zero-order valence-corrected chi connectivity index (χ0v) is 13.3. The van der Waals surface area contributed by atoms with E-state index in [4.69, 9.17) is 11.3 Å². The van der Waals surface area contributed by atoms with E-state index in [0.29, 0.717) is 5.92 Å². The van der Waals surface area contributed by atoms with Crippen LogP contribution in [0.3, 0.4) is 0 Å². The van der Waals surface area contributed by atoms with E-state index in [2.05, 4.69) is 26.0 Å². The highest BCUT2D eigenvalue weighted by atomic mass is 16.5. The summed E-state index contributed by atoms with van der Waals surface area (Å²) in [6.07, 6.45) is 9.85. The van der Waals surface area contributed by atoms with Crippen LogP contribution in [-0.4, -0.2) is 38.0 Å². The van der Waals surface area contributed by atoms with Gasteiger partial charge in [-0.05, 0) is 18.1 Å². The van der Waals surface area contributed by atoms with Crippen LogP contribution in [-0.2, 0) is 11.8 Å². The molecular weight excluding hydrogens is 302 g/mol. The summed E-state index contributed by atoms with van der Waals surface area (Å²) in [6, 6.07) is 2.27. The van der Waals surface area contributed by atoms with Crippen molar-refractivity contribution in [3.63, 3.8) is 0 Å². The number of nitrogens with one attached hydrogen (secondary N) is 1. The number of aromatic nitrogens is 4. The molecule has 6 heteroatoms. The number of pyridine rings is 1. The Morgan fingerprint density at radius 3 is 2.96 bits per heavy atom. The van der Waals surface area contributed by atoms with Crippen molar-refractivity contribution >= 4 is 11.0 Å². The Morgan fingerprint density at radius 2 is 2.25 bits per heavy atom. The molecule has 0 radical (unpaired) electrons. The number of aromatic amines is 1. The van der Waals surface area contributed by atoms with Gasteiger partial charge in [0.15, 0.2) is 0 Å². The van der Waals surface area contributed by atoms with Crippen molar-refractivity contribution in [1.82, 2.24) is 19.7 Å². The molecule has 6 nitrogen and oxygen atoms in total. The SMILES string of the molecule is [C-]#[N+]C1C[C@@H]2O[C@H]1C[C@H]2c1cnc2[nH]cc(-c3cnn(C)c3)c2c1. The van der Waals surface area contributed by atoms with Crippen LogP contribution < -0.4 is 0 Å². The summed E-state index contributed by atoms with van der Waals surface area (Å²) in [6.45, 7) is 7.26. The molecule has 0 aromatic carbocycles. The number of fused-ring (bicyclic) bond motifs is 3. The van der Waals surface area contributed by atoms with Crippen LogP contribution in [0, 0.1) is 6.57 Å². The van der Waals surface area contributed by atoms with Crippen LogP contribution in [0.15, 0.2) is 30.9 Å². The van der Waals surface area contributed by atoms with Crippen molar-refractivity contribution < 1.29 is 4.74 Å². The number of hydrogen-bond donors (Lipinski definition) is 1. The first-order chi connectivity index (χ1) is 11.7. The molecule has 4 atom stereocenters. The lowest BCUT2D eigenvalue weighted by Gasteiger charge is -2.19. The van der Waals surface area contributed by atoms with E-state index in [1.165, 1.54) is 5.56 Å². The van der Waals surface area contributed by atoms with Gasteiger partial charge in [0.2, 0.25) is 0 Å². The van der Waals surface area contributed by atoms with E-state index < -0.39 is 0 Å². The van der Waals surface area contributed by atoms with Crippen molar-refractivity contribution in [3.05, 3.63) is 47.8 Å². The Hall–Kier alpha value is -2.65. The number of ether oxygens (including phenoxy) is 1. The minimum atomic E-state index is 0.0427. The fourth-order valence-electron chi connectivity index (χ4n) is 4.14. The molecule has 0 spiro atoms. The van der Waals surface area contributed by atoms with Gasteiger partial charge in [0.05, 0.1) is 18.7 Å². The number of nitrogens with zero attached hydrogens (tertiary/aromatic N) is 4. The summed E-state index contributed by atoms with van der Waals surface area (Å²) in [7, 11) is 1.92. The van der Waals surface area contributed by atoms with Gasteiger partial charge < -0.3 is 14.6 Å². The fourth-order valence-corrected chi connectivity index (χ4v) is 4.14. The molecule has 2 aliphatic rings. The molecule has 5 heterocycles. The maximum atomic E-state index is 7.26. The molecule has 2 aliphatic heterocycles. The van der Waals surface area contributed by atoms with Gasteiger partial charge in [0.25, 0.3) is 6.04 Å². The Bertz CT molecular complexity index is 965. The molecule has 0 aliphatic carbocycles. The van der Waals surface area contributed by atoms with Crippen LogP contribution in [0.5, 0.6) is 0 Å². The molecule has 3 aromatic rings. The zero-order valence-electron chi connectivity index (χ0n) is 13.3. The molecule has 2 bridgehead atoms. The summed E-state index contributed by atoms with van der Waals surface area (Å²) < 4.78 is 7.80. The summed E-state index contributed by atoms with van der Waals surface area (Å²) in [4.78, 5) is 11.5. The zero-order chi connectivity index (χ0) is 16.3. The minimum Gasteiger partial charge on any atom is -0.366 e. The second kappa shape index (κ2) is 4.92. The lowest BCUT2D eigenvalue weighted by molar-refractivity contribution is 0.0994. The van der Waals surface area contributed by atoms with Gasteiger partial charge in [-0.1, -0.05) is 0 Å². The monoisotopic (exact) mass is 319 g/mol. The second-order valence-corrected chi connectivity index (χ2v) is 6.76. The molecule has 24 heavy (non-hydrogen) atoms. The third kappa shape index (κ3) is 1.91. The van der Waals surface area contributed by atoms with E-state index in [9.17, 15) is 0 Å². The van der Waals surface area contributed by atoms with Crippen LogP contribution in [0.4, 0.5) is 0 Å². The highest BCUT2D eigenvalue weighted by molar-refractivity contribution is 5.93. The summed E-state index contributed by atoms with van der Waals surface area (Å²) in [5.74, 6) is 0.349. The van der Waals surface area contributed by atoms with Gasteiger partial charge in [-0.15, -0.1) is 0 Å². The van der Waals surface area contributed by atoms with Crippen LogP contribution in [0.2, 0.25) is 0 Å². The van der Waals surface area contributed by atoms with Gasteiger partial charge in [-0.25, -0.2) is 11.6 Å². The molecule has 120 valence electrons. The summed E-state index contributed by atoms with van der Waals surface area (Å²) in [5.41, 5.74) is 4.31. The van der Waals surface area contributed by atoms with Crippen molar-refractivity contribution in [3.8, 4) is 11.1 Å². The quantitative estimate of drug-likeness (QED) is 0.739. The van der Waals surface area contributed by atoms with Crippen LogP contribution >= 0.6 is 0 Å². The molecule has 1 unspecified atom stereocenters. The summed E-state index contributed by atoms with van der Waals surface area (Å²) >= 11 is 0. The molecule has 1 N–H and O–H groups in total. The largest absolute Gasteiger partial charge is 0.366 e. The number of hydrogen-bond acceptors (Lipinski definition) is 3. The first kappa shape index (κ1) is 13.8. The van der Waals surface area contributed by atoms with Gasteiger partial charge in [-0.2, -0.15) is 5.10 Å². The fraction of sp³-hybridized carbons (Fsp3) is 0.389. The van der Waals surface area contributed by atoms with Gasteiger partial charge in [-0.3, -0.25) is 4.68 Å². The van der Waals surface area contributed by atoms with Crippen LogP contribution in [0.1, 0.15) is 24.3 Å². The predicted octanol–water partition coefficient (Wildman–Crippen LogP) is 2.90. The van der Waals surface area contributed by atoms with Crippen molar-refractivity contribution in [2.45, 2.75) is 37.0 Å². The van der Waals surface area contributed by atoms with E-state index in [1.807, 2.05) is 31.8 Å². The van der Waals surface area contributed by atoms with Crippen molar-refractivity contribution in [2.24, 2.45) is 7.05 Å². The minimum absolute atomic E-state index is 0.0427. The first-order valence-corrected chi connectivity index (χ1v) is 8.21. The number of H-pyrrole nitrogens is 1. The van der Waals surface area contributed by atoms with E-state index in [1.54, 1.807) is 4.68 Å². The Morgan fingerprint density at radius 1 is 1.33 bits per heavy atom. The molecule has 2 saturated heterocycles. The maximum absolute atomic E-state index is 7.26. The molecule has 0 amide bonds. The number of aryl methyl sites for hydroxylation is 1. The Labute approximate surface area is 139 Å². The highest BCUT2D eigenvalue weighted by Crippen LogP contribution is 2.46. The molecule has 0 saturated carbocycles. The molecule has 3 aromatic heterocycles. The smallest absolute Gasteiger partial charge is 0.251 e. The van der Waals surface area contributed by atoms with Crippen molar-refractivity contribution in [2.75, 3.05) is 0 Å². The maximum Gasteiger partial charge on any atom is 0.251 e. The summed E-state index contributed by atoms with van der Waals surface area (Å²) in [5, 5.41) is 5.38. The van der Waals surface area contributed by atoms with Gasteiger partial charge in [0.1, 0.15) is 11.8 Å². The molecular formula is C18H17N5O. The van der Waals surface area contributed by atoms with Crippen molar-refractivity contribution in [1.29, 1.82) is 0 Å². The average molecular weight is 319 g/mol. The lowest BCUT2D eigenvalue weighted by Crippen LogP contribution is -2.23. The van der Waals surface area contributed by atoms with Gasteiger partial charge in [0, 0.05) is 48.1 Å². The van der Waals surface area contributed by atoms with E-state index in [0.717, 1.165) is 35.0 Å². The van der Waals surface area contributed by atoms with Gasteiger partial charge >= 0.3 is 0 Å². The molecule has 5 rings (SSSR count). The third-order valence-electron chi connectivity index (χ3n) is 5.35. The van der Waals surface area contributed by atoms with E-state index in [-0.39, 0.29) is 18.2 Å². The predicted molar refractivity (Wildman–Crippen MR) is 89.3 cm³/mol. The first-order valence-electron chi connectivity index (χ1n) is 8.21. The standard InChI is InChI=1S/C18H17N5O/c1-19-15-5-16-12(4-17(15)24-16)10-3-13-14(8-21-18(13)20-6-10)11-7-22-23(2)9-11/h3,6-9,12,15-17H,4-5H2,2H3,(H,20,21)/t12-,15?,16-,17-/m0/s1. The second-order valence-electron chi connectivity index (χ2n) is 6.76. The highest BCUT2D eigenvalue weighted by Gasteiger charge is 2.51. The third-order valence-corrected chi connectivity index (χ3v) is 5.35.